The molecule has 0 saturated heterocycles. The largest absolute Gasteiger partial charge is 0.310 e. The summed E-state index contributed by atoms with van der Waals surface area (Å²) in [6, 6.07) is 13.2. The molecule has 21 heavy (non-hydrogen) atoms. The molecule has 0 aliphatic carbocycles. The second kappa shape index (κ2) is 7.35. The Morgan fingerprint density at radius 2 is 1.86 bits per heavy atom. The first-order valence-electron chi connectivity index (χ1n) is 7.29. The number of halogens is 1. The van der Waals surface area contributed by atoms with E-state index in [1.165, 1.54) is 21.6 Å². The third-order valence-corrected chi connectivity index (χ3v) is 5.19. The Morgan fingerprint density at radius 1 is 1.10 bits per heavy atom. The molecule has 1 unspecified atom stereocenters. The first-order valence-corrected chi connectivity index (χ1v) is 8.48. The standard InChI is InChI=1S/C18H22ClNS/c1-5-20-14(4)15-8-9-17(16(19)11-15)21-18-10-12(2)6-7-13(18)3/h6-11,14,20H,5H2,1-4H3. The predicted octanol–water partition coefficient (Wildman–Crippen LogP) is 5.78. The van der Waals surface area contributed by atoms with Crippen molar-refractivity contribution in [1.29, 1.82) is 0 Å². The fourth-order valence-corrected chi connectivity index (χ4v) is 3.54. The molecule has 0 aliphatic rings. The summed E-state index contributed by atoms with van der Waals surface area (Å²) in [6.07, 6.45) is 0. The van der Waals surface area contributed by atoms with E-state index >= 15 is 0 Å². The fraction of sp³-hybridized carbons (Fsp3) is 0.333. The van der Waals surface area contributed by atoms with Gasteiger partial charge in [-0.2, -0.15) is 0 Å². The average Bonchev–Trinajstić information content (AvgIpc) is 2.45. The Labute approximate surface area is 137 Å². The molecular weight excluding hydrogens is 298 g/mol. The van der Waals surface area contributed by atoms with Gasteiger partial charge < -0.3 is 5.32 Å². The molecule has 0 aromatic heterocycles. The zero-order valence-corrected chi connectivity index (χ0v) is 14.6. The van der Waals surface area contributed by atoms with Crippen LogP contribution in [0.1, 0.15) is 36.6 Å². The average molecular weight is 320 g/mol. The summed E-state index contributed by atoms with van der Waals surface area (Å²) in [5.74, 6) is 0. The van der Waals surface area contributed by atoms with Gasteiger partial charge in [0.25, 0.3) is 0 Å². The van der Waals surface area contributed by atoms with E-state index in [4.69, 9.17) is 11.6 Å². The maximum Gasteiger partial charge on any atom is 0.0548 e. The molecule has 1 N–H and O–H groups in total. The lowest BCUT2D eigenvalue weighted by molar-refractivity contribution is 0.598. The topological polar surface area (TPSA) is 12.0 Å². The molecule has 1 nitrogen and oxygen atoms in total. The van der Waals surface area contributed by atoms with Gasteiger partial charge in [0.1, 0.15) is 0 Å². The van der Waals surface area contributed by atoms with Gasteiger partial charge in [-0.3, -0.25) is 0 Å². The Balaban J connectivity index is 2.23. The second-order valence-corrected chi connectivity index (χ2v) is 6.83. The van der Waals surface area contributed by atoms with Crippen LogP contribution in [0.5, 0.6) is 0 Å². The lowest BCUT2D eigenvalue weighted by Gasteiger charge is -2.15. The van der Waals surface area contributed by atoms with Crippen LogP contribution in [-0.2, 0) is 0 Å². The molecule has 0 bridgehead atoms. The minimum Gasteiger partial charge on any atom is -0.310 e. The van der Waals surface area contributed by atoms with E-state index in [9.17, 15) is 0 Å². The van der Waals surface area contributed by atoms with E-state index in [0.717, 1.165) is 16.5 Å². The van der Waals surface area contributed by atoms with E-state index in [-0.39, 0.29) is 0 Å². The van der Waals surface area contributed by atoms with Gasteiger partial charge in [-0.05, 0) is 62.2 Å². The summed E-state index contributed by atoms with van der Waals surface area (Å²) in [5, 5.41) is 4.23. The third-order valence-electron chi connectivity index (χ3n) is 3.53. The van der Waals surface area contributed by atoms with Crippen molar-refractivity contribution in [3.05, 3.63) is 58.1 Å². The number of aryl methyl sites for hydroxylation is 2. The van der Waals surface area contributed by atoms with Gasteiger partial charge in [-0.15, -0.1) is 0 Å². The van der Waals surface area contributed by atoms with Crippen molar-refractivity contribution in [2.24, 2.45) is 0 Å². The highest BCUT2D eigenvalue weighted by atomic mass is 35.5. The molecule has 2 rings (SSSR count). The lowest BCUT2D eigenvalue weighted by Crippen LogP contribution is -2.17. The Hall–Kier alpha value is -0.960. The van der Waals surface area contributed by atoms with Gasteiger partial charge in [-0.1, -0.05) is 48.5 Å². The molecule has 2 aromatic rings. The van der Waals surface area contributed by atoms with Crippen LogP contribution in [0.15, 0.2) is 46.2 Å². The number of hydrogen-bond acceptors (Lipinski definition) is 2. The summed E-state index contributed by atoms with van der Waals surface area (Å²) in [4.78, 5) is 2.38. The zero-order chi connectivity index (χ0) is 15.4. The van der Waals surface area contributed by atoms with Crippen molar-refractivity contribution >= 4 is 23.4 Å². The van der Waals surface area contributed by atoms with Crippen LogP contribution in [-0.4, -0.2) is 6.54 Å². The smallest absolute Gasteiger partial charge is 0.0548 e. The van der Waals surface area contributed by atoms with Gasteiger partial charge in [0.2, 0.25) is 0 Å². The highest BCUT2D eigenvalue weighted by molar-refractivity contribution is 7.99. The molecule has 2 aromatic carbocycles. The lowest BCUT2D eigenvalue weighted by atomic mass is 10.1. The van der Waals surface area contributed by atoms with Crippen molar-refractivity contribution in [2.45, 2.75) is 43.5 Å². The molecule has 0 spiro atoms. The Morgan fingerprint density at radius 3 is 2.52 bits per heavy atom. The van der Waals surface area contributed by atoms with Crippen LogP contribution in [0.4, 0.5) is 0 Å². The van der Waals surface area contributed by atoms with Crippen molar-refractivity contribution in [2.75, 3.05) is 6.54 Å². The van der Waals surface area contributed by atoms with E-state index < -0.39 is 0 Å². The molecular formula is C18H22ClNS. The Kier molecular flexibility index (Phi) is 5.74. The number of rotatable bonds is 5. The van der Waals surface area contributed by atoms with Gasteiger partial charge in [0.15, 0.2) is 0 Å². The maximum absolute atomic E-state index is 6.47. The van der Waals surface area contributed by atoms with Crippen molar-refractivity contribution in [3.8, 4) is 0 Å². The maximum atomic E-state index is 6.47. The zero-order valence-electron chi connectivity index (χ0n) is 13.0. The summed E-state index contributed by atoms with van der Waals surface area (Å²) in [5.41, 5.74) is 3.79. The van der Waals surface area contributed by atoms with Gasteiger partial charge in [0.05, 0.1) is 5.02 Å². The van der Waals surface area contributed by atoms with Crippen LogP contribution < -0.4 is 5.32 Å². The second-order valence-electron chi connectivity index (χ2n) is 5.34. The molecule has 0 amide bonds. The molecule has 1 atom stereocenters. The summed E-state index contributed by atoms with van der Waals surface area (Å²) < 4.78 is 0. The first kappa shape index (κ1) is 16.4. The van der Waals surface area contributed by atoms with Gasteiger partial charge in [0, 0.05) is 15.8 Å². The van der Waals surface area contributed by atoms with Crippen molar-refractivity contribution in [3.63, 3.8) is 0 Å². The van der Waals surface area contributed by atoms with Crippen LogP contribution in [0.25, 0.3) is 0 Å². The molecule has 0 aliphatic heterocycles. The van der Waals surface area contributed by atoms with E-state index in [1.54, 1.807) is 11.8 Å². The molecule has 3 heteroatoms. The monoisotopic (exact) mass is 319 g/mol. The minimum atomic E-state index is 0.326. The molecule has 112 valence electrons. The number of hydrogen-bond donors (Lipinski definition) is 1. The number of nitrogens with one attached hydrogen (secondary N) is 1. The Bertz CT molecular complexity index is 625. The fourth-order valence-electron chi connectivity index (χ4n) is 2.23. The molecule has 0 radical (unpaired) electrons. The van der Waals surface area contributed by atoms with Crippen LogP contribution in [0.3, 0.4) is 0 Å². The SMILES string of the molecule is CCNC(C)c1ccc(Sc2cc(C)ccc2C)c(Cl)c1. The third kappa shape index (κ3) is 4.26. The van der Waals surface area contributed by atoms with Crippen LogP contribution >= 0.6 is 23.4 Å². The van der Waals surface area contributed by atoms with Gasteiger partial charge in [-0.25, -0.2) is 0 Å². The first-order chi connectivity index (χ1) is 10.0. The van der Waals surface area contributed by atoms with Crippen LogP contribution in [0, 0.1) is 13.8 Å². The normalized spacial score (nSPS) is 12.4. The molecule has 0 saturated carbocycles. The highest BCUT2D eigenvalue weighted by Crippen LogP contribution is 2.36. The molecule has 0 heterocycles. The molecule has 0 fully saturated rings. The minimum absolute atomic E-state index is 0.326. The van der Waals surface area contributed by atoms with Crippen molar-refractivity contribution in [1.82, 2.24) is 5.32 Å². The summed E-state index contributed by atoms with van der Waals surface area (Å²) in [7, 11) is 0. The summed E-state index contributed by atoms with van der Waals surface area (Å²) in [6.45, 7) is 9.48. The van der Waals surface area contributed by atoms with Crippen molar-refractivity contribution < 1.29 is 0 Å². The van der Waals surface area contributed by atoms with E-state index in [1.807, 2.05) is 0 Å². The van der Waals surface area contributed by atoms with Gasteiger partial charge >= 0.3 is 0 Å². The quantitative estimate of drug-likeness (QED) is 0.749. The number of benzene rings is 2. The predicted molar refractivity (Wildman–Crippen MR) is 93.6 cm³/mol. The highest BCUT2D eigenvalue weighted by Gasteiger charge is 2.09. The van der Waals surface area contributed by atoms with E-state index in [0.29, 0.717) is 6.04 Å². The van der Waals surface area contributed by atoms with Crippen LogP contribution in [0.2, 0.25) is 5.02 Å². The van der Waals surface area contributed by atoms with E-state index in [2.05, 4.69) is 69.4 Å². The summed E-state index contributed by atoms with van der Waals surface area (Å²) >= 11 is 8.20.